The molecule has 0 saturated heterocycles. The Kier molecular flexibility index (Phi) is 2.28. The van der Waals surface area contributed by atoms with Gasteiger partial charge in [-0.15, -0.1) is 0 Å². The van der Waals surface area contributed by atoms with E-state index in [0.717, 1.165) is 12.8 Å². The molecule has 1 amide bonds. The first-order valence-electron chi connectivity index (χ1n) is 5.00. The molecule has 1 atom stereocenters. The third-order valence-electron chi connectivity index (χ3n) is 2.91. The monoisotopic (exact) mass is 189 g/mol. The maximum Gasteiger partial charge on any atom is 0.223 e. The molecule has 74 valence electrons. The lowest BCUT2D eigenvalue weighted by molar-refractivity contribution is -0.124. The van der Waals surface area contributed by atoms with Gasteiger partial charge in [-0.25, -0.2) is 0 Å². The highest BCUT2D eigenvalue weighted by atomic mass is 16.1. The van der Waals surface area contributed by atoms with Crippen LogP contribution in [0.4, 0.5) is 0 Å². The van der Waals surface area contributed by atoms with Crippen molar-refractivity contribution >= 4 is 5.91 Å². The molecule has 14 heavy (non-hydrogen) atoms. The van der Waals surface area contributed by atoms with Gasteiger partial charge in [0.1, 0.15) is 0 Å². The third kappa shape index (κ3) is 1.52. The topological polar surface area (TPSA) is 29.1 Å². The third-order valence-corrected chi connectivity index (χ3v) is 2.91. The van der Waals surface area contributed by atoms with Crippen molar-refractivity contribution in [1.82, 2.24) is 5.32 Å². The van der Waals surface area contributed by atoms with E-state index in [4.69, 9.17) is 0 Å². The number of carbonyl (C=O) groups excluding carboxylic acids is 1. The number of hydrogen-bond donors (Lipinski definition) is 1. The predicted octanol–water partition coefficient (Wildman–Crippen LogP) is 1.46. The summed E-state index contributed by atoms with van der Waals surface area (Å²) >= 11 is 0. The van der Waals surface area contributed by atoms with Crippen LogP contribution in [-0.2, 0) is 17.6 Å². The second-order valence-electron chi connectivity index (χ2n) is 3.99. The number of hydrogen-bond acceptors (Lipinski definition) is 1. The lowest BCUT2D eigenvalue weighted by Crippen LogP contribution is -2.27. The SMILES string of the molecule is CNC(=O)C1Cc2ccc(C)cc2C1. The second kappa shape index (κ2) is 3.45. The van der Waals surface area contributed by atoms with E-state index in [2.05, 4.69) is 30.4 Å². The molecule has 0 saturated carbocycles. The van der Waals surface area contributed by atoms with Gasteiger partial charge in [0.15, 0.2) is 0 Å². The minimum Gasteiger partial charge on any atom is -0.359 e. The zero-order chi connectivity index (χ0) is 10.1. The van der Waals surface area contributed by atoms with E-state index in [1.807, 2.05) is 0 Å². The predicted molar refractivity (Wildman–Crippen MR) is 56.1 cm³/mol. The average molecular weight is 189 g/mol. The Morgan fingerprint density at radius 2 is 2.07 bits per heavy atom. The summed E-state index contributed by atoms with van der Waals surface area (Å²) in [6.07, 6.45) is 1.80. The molecular weight excluding hydrogens is 174 g/mol. The lowest BCUT2D eigenvalue weighted by Gasteiger charge is -2.05. The van der Waals surface area contributed by atoms with E-state index >= 15 is 0 Å². The molecule has 1 aromatic rings. The molecule has 0 aliphatic heterocycles. The Morgan fingerprint density at radius 1 is 1.36 bits per heavy atom. The van der Waals surface area contributed by atoms with Crippen molar-refractivity contribution in [2.24, 2.45) is 5.92 Å². The number of fused-ring (bicyclic) bond motifs is 1. The highest BCUT2D eigenvalue weighted by Crippen LogP contribution is 2.27. The molecule has 2 heteroatoms. The van der Waals surface area contributed by atoms with Crippen LogP contribution >= 0.6 is 0 Å². The Balaban J connectivity index is 2.22. The Bertz CT molecular complexity index is 371. The Hall–Kier alpha value is -1.31. The Labute approximate surface area is 84.3 Å². The summed E-state index contributed by atoms with van der Waals surface area (Å²) in [4.78, 5) is 11.5. The number of aryl methyl sites for hydroxylation is 1. The molecular formula is C12H15NO. The molecule has 0 heterocycles. The van der Waals surface area contributed by atoms with E-state index in [-0.39, 0.29) is 11.8 Å². The maximum absolute atomic E-state index is 11.5. The van der Waals surface area contributed by atoms with Crippen LogP contribution in [-0.4, -0.2) is 13.0 Å². The molecule has 0 bridgehead atoms. The van der Waals surface area contributed by atoms with Crippen LogP contribution in [0.5, 0.6) is 0 Å². The van der Waals surface area contributed by atoms with Crippen LogP contribution in [0.15, 0.2) is 18.2 Å². The summed E-state index contributed by atoms with van der Waals surface area (Å²) < 4.78 is 0. The summed E-state index contributed by atoms with van der Waals surface area (Å²) in [5, 5.41) is 2.72. The normalized spacial score (nSPS) is 19.1. The van der Waals surface area contributed by atoms with Crippen LogP contribution in [0.3, 0.4) is 0 Å². The van der Waals surface area contributed by atoms with Gasteiger partial charge in [0.05, 0.1) is 0 Å². The van der Waals surface area contributed by atoms with Gasteiger partial charge in [0.2, 0.25) is 5.91 Å². The van der Waals surface area contributed by atoms with E-state index in [1.165, 1.54) is 16.7 Å². The van der Waals surface area contributed by atoms with Crippen LogP contribution < -0.4 is 5.32 Å². The van der Waals surface area contributed by atoms with Crippen LogP contribution in [0.2, 0.25) is 0 Å². The van der Waals surface area contributed by atoms with Gasteiger partial charge in [-0.2, -0.15) is 0 Å². The first-order valence-corrected chi connectivity index (χ1v) is 5.00. The standard InChI is InChI=1S/C12H15NO/c1-8-3-4-9-6-11(12(14)13-2)7-10(9)5-8/h3-5,11H,6-7H2,1-2H3,(H,13,14). The van der Waals surface area contributed by atoms with Gasteiger partial charge >= 0.3 is 0 Å². The fourth-order valence-electron chi connectivity index (χ4n) is 2.14. The lowest BCUT2D eigenvalue weighted by atomic mass is 10.1. The fraction of sp³-hybridized carbons (Fsp3) is 0.417. The average Bonchev–Trinajstić information content (AvgIpc) is 2.59. The smallest absolute Gasteiger partial charge is 0.223 e. The van der Waals surface area contributed by atoms with Crippen molar-refractivity contribution < 1.29 is 4.79 Å². The molecule has 2 rings (SSSR count). The molecule has 0 spiro atoms. The molecule has 1 unspecified atom stereocenters. The summed E-state index contributed by atoms with van der Waals surface area (Å²) in [6.45, 7) is 2.09. The van der Waals surface area contributed by atoms with Gasteiger partial charge in [-0.1, -0.05) is 23.8 Å². The van der Waals surface area contributed by atoms with Gasteiger partial charge in [0, 0.05) is 13.0 Å². The summed E-state index contributed by atoms with van der Waals surface area (Å²) in [7, 11) is 1.70. The van der Waals surface area contributed by atoms with Crippen LogP contribution in [0.1, 0.15) is 16.7 Å². The van der Waals surface area contributed by atoms with E-state index < -0.39 is 0 Å². The van der Waals surface area contributed by atoms with E-state index in [9.17, 15) is 4.79 Å². The minimum absolute atomic E-state index is 0.150. The zero-order valence-corrected chi connectivity index (χ0v) is 8.63. The van der Waals surface area contributed by atoms with Crippen molar-refractivity contribution in [1.29, 1.82) is 0 Å². The molecule has 1 aromatic carbocycles. The van der Waals surface area contributed by atoms with E-state index in [0.29, 0.717) is 0 Å². The molecule has 0 radical (unpaired) electrons. The molecule has 1 aliphatic rings. The van der Waals surface area contributed by atoms with Gasteiger partial charge in [-0.3, -0.25) is 4.79 Å². The summed E-state index contributed by atoms with van der Waals surface area (Å²) in [6, 6.07) is 6.46. The van der Waals surface area contributed by atoms with Crippen molar-refractivity contribution in [3.05, 3.63) is 34.9 Å². The quantitative estimate of drug-likeness (QED) is 0.712. The maximum atomic E-state index is 11.5. The number of amides is 1. The highest BCUT2D eigenvalue weighted by molar-refractivity contribution is 5.80. The van der Waals surface area contributed by atoms with Crippen molar-refractivity contribution in [3.8, 4) is 0 Å². The summed E-state index contributed by atoms with van der Waals surface area (Å²) in [5.41, 5.74) is 3.96. The highest BCUT2D eigenvalue weighted by Gasteiger charge is 2.26. The van der Waals surface area contributed by atoms with Crippen LogP contribution in [0, 0.1) is 12.8 Å². The molecule has 1 N–H and O–H groups in total. The fourth-order valence-corrected chi connectivity index (χ4v) is 2.14. The molecule has 2 nitrogen and oxygen atoms in total. The van der Waals surface area contributed by atoms with Gasteiger partial charge in [-0.05, 0) is 30.9 Å². The first-order chi connectivity index (χ1) is 6.70. The van der Waals surface area contributed by atoms with Crippen molar-refractivity contribution in [2.45, 2.75) is 19.8 Å². The van der Waals surface area contributed by atoms with Crippen molar-refractivity contribution in [3.63, 3.8) is 0 Å². The van der Waals surface area contributed by atoms with Gasteiger partial charge < -0.3 is 5.32 Å². The minimum atomic E-state index is 0.150. The number of nitrogens with one attached hydrogen (secondary N) is 1. The molecule has 0 fully saturated rings. The number of carbonyl (C=O) groups is 1. The van der Waals surface area contributed by atoms with Crippen molar-refractivity contribution in [2.75, 3.05) is 7.05 Å². The Morgan fingerprint density at radius 3 is 2.79 bits per heavy atom. The number of benzene rings is 1. The molecule has 0 aromatic heterocycles. The first kappa shape index (κ1) is 9.25. The number of rotatable bonds is 1. The van der Waals surface area contributed by atoms with E-state index in [1.54, 1.807) is 7.05 Å². The molecule has 1 aliphatic carbocycles. The largest absolute Gasteiger partial charge is 0.359 e. The van der Waals surface area contributed by atoms with Crippen LogP contribution in [0.25, 0.3) is 0 Å². The van der Waals surface area contributed by atoms with Gasteiger partial charge in [0.25, 0.3) is 0 Å². The second-order valence-corrected chi connectivity index (χ2v) is 3.99. The summed E-state index contributed by atoms with van der Waals surface area (Å²) in [5.74, 6) is 0.315. The zero-order valence-electron chi connectivity index (χ0n) is 8.63.